The Morgan fingerprint density at radius 1 is 1.37 bits per heavy atom. The Bertz CT molecular complexity index is 488. The predicted octanol–water partition coefficient (Wildman–Crippen LogP) is 3.07. The number of rotatable bonds is 3. The highest BCUT2D eigenvalue weighted by Gasteiger charge is 2.34. The first-order chi connectivity index (χ1) is 9.00. The molecule has 2 rings (SSSR count). The van der Waals surface area contributed by atoms with Crippen LogP contribution in [0.15, 0.2) is 12.1 Å². The minimum atomic E-state index is -1.32. The van der Waals surface area contributed by atoms with Gasteiger partial charge in [-0.3, -0.25) is 4.79 Å². The van der Waals surface area contributed by atoms with E-state index in [0.717, 1.165) is 6.29 Å². The Morgan fingerprint density at radius 3 is 2.53 bits per heavy atom. The molecular weight excluding hydrogens is 290 g/mol. The number of alkyl halides is 1. The number of anilines is 1. The summed E-state index contributed by atoms with van der Waals surface area (Å²) >= 11 is 12.1. The average molecular weight is 305 g/mol. The van der Waals surface area contributed by atoms with Crippen LogP contribution in [-0.4, -0.2) is 31.6 Å². The molecule has 0 unspecified atom stereocenters. The lowest BCUT2D eigenvalue weighted by Gasteiger charge is -2.37. The van der Waals surface area contributed by atoms with Crippen LogP contribution in [-0.2, 0) is 0 Å². The first kappa shape index (κ1) is 14.6. The minimum Gasteiger partial charge on any atom is -0.369 e. The van der Waals surface area contributed by atoms with Gasteiger partial charge in [-0.1, -0.05) is 23.2 Å². The third-order valence-corrected chi connectivity index (χ3v) is 4.36. The van der Waals surface area contributed by atoms with E-state index in [2.05, 4.69) is 0 Å². The highest BCUT2D eigenvalue weighted by molar-refractivity contribution is 6.44. The van der Waals surface area contributed by atoms with Gasteiger partial charge in [-0.05, 0) is 12.1 Å². The van der Waals surface area contributed by atoms with Gasteiger partial charge < -0.3 is 10.6 Å². The molecule has 0 aliphatic carbocycles. The topological polar surface area (TPSA) is 46.3 Å². The summed E-state index contributed by atoms with van der Waals surface area (Å²) in [7, 11) is 0. The van der Waals surface area contributed by atoms with Crippen LogP contribution in [0.5, 0.6) is 0 Å². The van der Waals surface area contributed by atoms with Gasteiger partial charge in [0.15, 0.2) is 6.29 Å². The maximum atomic E-state index is 14.1. The van der Waals surface area contributed by atoms with E-state index in [9.17, 15) is 9.18 Å². The Hall–Kier alpha value is -0.840. The average Bonchev–Trinajstić information content (AvgIpc) is 2.43. The van der Waals surface area contributed by atoms with Crippen LogP contribution in [0.3, 0.4) is 0 Å². The third kappa shape index (κ3) is 2.86. The van der Waals surface area contributed by atoms with Crippen molar-refractivity contribution in [1.29, 1.82) is 0 Å². The van der Waals surface area contributed by atoms with Crippen LogP contribution in [0.2, 0.25) is 10.0 Å². The van der Waals surface area contributed by atoms with Gasteiger partial charge in [-0.25, -0.2) is 4.39 Å². The smallest absolute Gasteiger partial charge is 0.152 e. The molecule has 1 aromatic rings. The number of piperidine rings is 1. The molecule has 0 atom stereocenters. The van der Waals surface area contributed by atoms with Crippen LogP contribution >= 0.6 is 23.2 Å². The summed E-state index contributed by atoms with van der Waals surface area (Å²) < 4.78 is 14.1. The summed E-state index contributed by atoms with van der Waals surface area (Å²) in [5.41, 5.74) is 5.17. The van der Waals surface area contributed by atoms with Crippen molar-refractivity contribution in [2.24, 2.45) is 5.73 Å². The zero-order valence-electron chi connectivity index (χ0n) is 10.3. The monoisotopic (exact) mass is 304 g/mol. The van der Waals surface area contributed by atoms with E-state index in [1.54, 1.807) is 12.1 Å². The quantitative estimate of drug-likeness (QED) is 0.873. The molecule has 1 aromatic carbocycles. The van der Waals surface area contributed by atoms with Crippen molar-refractivity contribution < 1.29 is 9.18 Å². The van der Waals surface area contributed by atoms with Crippen molar-refractivity contribution in [3.8, 4) is 0 Å². The summed E-state index contributed by atoms with van der Waals surface area (Å²) in [5, 5.41) is 0.726. The lowest BCUT2D eigenvalue weighted by Crippen LogP contribution is -2.46. The largest absolute Gasteiger partial charge is 0.369 e. The molecule has 0 spiro atoms. The molecule has 0 amide bonds. The maximum absolute atomic E-state index is 14.1. The zero-order valence-corrected chi connectivity index (χ0v) is 11.8. The van der Waals surface area contributed by atoms with Crippen LogP contribution in [0.25, 0.3) is 0 Å². The highest BCUT2D eigenvalue weighted by Crippen LogP contribution is 2.38. The fraction of sp³-hybridized carbons (Fsp3) is 0.462. The number of carbonyl (C=O) groups is 1. The molecule has 19 heavy (non-hydrogen) atoms. The van der Waals surface area contributed by atoms with Gasteiger partial charge in [0.1, 0.15) is 5.67 Å². The van der Waals surface area contributed by atoms with Crippen LogP contribution in [0, 0.1) is 0 Å². The molecule has 104 valence electrons. The first-order valence-electron chi connectivity index (χ1n) is 6.08. The van der Waals surface area contributed by atoms with Gasteiger partial charge >= 0.3 is 0 Å². The number of benzene rings is 1. The standard InChI is InChI=1S/C13H15Cl2FN2O/c14-10-2-1-9(7-19)12(11(10)15)18-5-3-13(16,8-17)4-6-18/h1-2,7H,3-6,8,17H2. The number of nitrogens with two attached hydrogens (primary N) is 1. The Labute approximate surface area is 121 Å². The van der Waals surface area contributed by atoms with Crippen molar-refractivity contribution >= 4 is 35.2 Å². The van der Waals surface area contributed by atoms with Crippen LogP contribution in [0.4, 0.5) is 10.1 Å². The molecule has 3 nitrogen and oxygen atoms in total. The predicted molar refractivity (Wildman–Crippen MR) is 76.2 cm³/mol. The second kappa shape index (κ2) is 5.65. The molecular formula is C13H15Cl2FN2O. The second-order valence-corrected chi connectivity index (χ2v) is 5.54. The zero-order chi connectivity index (χ0) is 14.0. The fourth-order valence-corrected chi connectivity index (χ4v) is 2.75. The van der Waals surface area contributed by atoms with Crippen molar-refractivity contribution in [3.05, 3.63) is 27.7 Å². The summed E-state index contributed by atoms with van der Waals surface area (Å²) in [6.45, 7) is 0.952. The molecule has 1 saturated heterocycles. The van der Waals surface area contributed by atoms with Crippen molar-refractivity contribution in [3.63, 3.8) is 0 Å². The Morgan fingerprint density at radius 2 is 2.00 bits per heavy atom. The van der Waals surface area contributed by atoms with Crippen molar-refractivity contribution in [2.45, 2.75) is 18.5 Å². The molecule has 1 aliphatic heterocycles. The van der Waals surface area contributed by atoms with Crippen LogP contribution < -0.4 is 10.6 Å². The molecule has 0 bridgehead atoms. The van der Waals surface area contributed by atoms with Gasteiger partial charge in [0, 0.05) is 38.0 Å². The van der Waals surface area contributed by atoms with Gasteiger partial charge in [-0.15, -0.1) is 0 Å². The molecule has 1 heterocycles. The van der Waals surface area contributed by atoms with Gasteiger partial charge in [0.2, 0.25) is 0 Å². The number of hydrogen-bond acceptors (Lipinski definition) is 3. The van der Waals surface area contributed by atoms with E-state index in [4.69, 9.17) is 28.9 Å². The number of hydrogen-bond donors (Lipinski definition) is 1. The fourth-order valence-electron chi connectivity index (χ4n) is 2.31. The number of halogens is 3. The molecule has 0 saturated carbocycles. The molecule has 6 heteroatoms. The molecule has 0 radical (unpaired) electrons. The minimum absolute atomic E-state index is 0.0185. The van der Waals surface area contributed by atoms with Crippen molar-refractivity contribution in [2.75, 3.05) is 24.5 Å². The molecule has 1 aliphatic rings. The lowest BCUT2D eigenvalue weighted by atomic mass is 9.93. The number of nitrogens with zero attached hydrogens (tertiary/aromatic N) is 1. The van der Waals surface area contributed by atoms with E-state index in [1.807, 2.05) is 4.90 Å². The SMILES string of the molecule is NCC1(F)CCN(c2c(C=O)ccc(Cl)c2Cl)CC1. The van der Waals surface area contributed by atoms with Gasteiger partial charge in [0.25, 0.3) is 0 Å². The highest BCUT2D eigenvalue weighted by atomic mass is 35.5. The third-order valence-electron chi connectivity index (χ3n) is 3.57. The lowest BCUT2D eigenvalue weighted by molar-refractivity contribution is 0.112. The van der Waals surface area contributed by atoms with Gasteiger partial charge in [0.05, 0.1) is 15.7 Å². The summed E-state index contributed by atoms with van der Waals surface area (Å²) in [5.74, 6) is 0. The number of carbonyl (C=O) groups excluding carboxylic acids is 1. The summed E-state index contributed by atoms with van der Waals surface area (Å²) in [4.78, 5) is 13.0. The summed E-state index contributed by atoms with van der Waals surface area (Å²) in [6.07, 6.45) is 1.38. The van der Waals surface area contributed by atoms with Gasteiger partial charge in [-0.2, -0.15) is 0 Å². The van der Waals surface area contributed by atoms with E-state index < -0.39 is 5.67 Å². The number of aldehydes is 1. The normalized spacial score (nSPS) is 18.4. The first-order valence-corrected chi connectivity index (χ1v) is 6.83. The second-order valence-electron chi connectivity index (χ2n) is 4.76. The molecule has 2 N–H and O–H groups in total. The van der Waals surface area contributed by atoms with E-state index >= 15 is 0 Å². The molecule has 0 aromatic heterocycles. The Balaban J connectivity index is 2.29. The van der Waals surface area contributed by atoms with Crippen LogP contribution in [0.1, 0.15) is 23.2 Å². The maximum Gasteiger partial charge on any atom is 0.152 e. The van der Waals surface area contributed by atoms with E-state index in [1.165, 1.54) is 0 Å². The summed E-state index contributed by atoms with van der Waals surface area (Å²) in [6, 6.07) is 3.21. The molecule has 1 fully saturated rings. The van der Waals surface area contributed by atoms with Crippen molar-refractivity contribution in [1.82, 2.24) is 0 Å². The van der Waals surface area contributed by atoms with E-state index in [-0.39, 0.29) is 6.54 Å². The Kier molecular flexibility index (Phi) is 4.33. The van der Waals surface area contributed by atoms with E-state index in [0.29, 0.717) is 47.2 Å².